The fourth-order valence-corrected chi connectivity index (χ4v) is 4.58. The van der Waals surface area contributed by atoms with Crippen LogP contribution < -0.4 is 20.1 Å². The number of carbonyl (C=O) groups excluding carboxylic acids is 2. The van der Waals surface area contributed by atoms with Crippen LogP contribution in [0.1, 0.15) is 23.6 Å². The Hall–Kier alpha value is -2.58. The van der Waals surface area contributed by atoms with E-state index in [1.54, 1.807) is 18.2 Å². The highest BCUT2D eigenvalue weighted by molar-refractivity contribution is 7.10. The van der Waals surface area contributed by atoms with Gasteiger partial charge in [-0.3, -0.25) is 9.59 Å². The quantitative estimate of drug-likeness (QED) is 0.734. The summed E-state index contributed by atoms with van der Waals surface area (Å²) < 4.78 is 10.9. The molecule has 0 spiro atoms. The number of carbonyl (C=O) groups is 2. The fourth-order valence-electron chi connectivity index (χ4n) is 3.68. The molecule has 2 N–H and O–H groups in total. The zero-order chi connectivity index (χ0) is 20.1. The maximum atomic E-state index is 12.1. The van der Waals surface area contributed by atoms with E-state index in [4.69, 9.17) is 9.47 Å². The standard InChI is InChI=1S/C21H25N3O4S/c25-20(21(26)23-16-3-4-17-18(14-16)28-12-11-27-17)22-7-10-24-8-5-15(6-9-24)19-2-1-13-29-19/h1-4,13-15H,5-12H2,(H,22,25)(H,23,26). The smallest absolute Gasteiger partial charge is 0.313 e. The van der Waals surface area contributed by atoms with Gasteiger partial charge in [-0.15, -0.1) is 11.3 Å². The Kier molecular flexibility index (Phi) is 6.31. The van der Waals surface area contributed by atoms with Gasteiger partial charge in [0.25, 0.3) is 0 Å². The highest BCUT2D eigenvalue weighted by atomic mass is 32.1. The average Bonchev–Trinajstić information content (AvgIpc) is 3.29. The number of anilines is 1. The molecule has 0 unspecified atom stereocenters. The number of likely N-dealkylation sites (tertiary alicyclic amines) is 1. The lowest BCUT2D eigenvalue weighted by molar-refractivity contribution is -0.136. The van der Waals surface area contributed by atoms with Crippen molar-refractivity contribution < 1.29 is 19.1 Å². The molecule has 154 valence electrons. The largest absolute Gasteiger partial charge is 0.486 e. The van der Waals surface area contributed by atoms with E-state index in [-0.39, 0.29) is 0 Å². The van der Waals surface area contributed by atoms with E-state index in [1.165, 1.54) is 4.88 Å². The molecule has 8 heteroatoms. The molecule has 0 atom stereocenters. The third kappa shape index (κ3) is 5.07. The van der Waals surface area contributed by atoms with Crippen LogP contribution in [0, 0.1) is 0 Å². The minimum absolute atomic E-state index is 0.455. The van der Waals surface area contributed by atoms with E-state index < -0.39 is 11.8 Å². The molecular weight excluding hydrogens is 390 g/mol. The number of hydrogen-bond donors (Lipinski definition) is 2. The van der Waals surface area contributed by atoms with Crippen LogP contribution in [0.25, 0.3) is 0 Å². The van der Waals surface area contributed by atoms with Gasteiger partial charge in [0.1, 0.15) is 13.2 Å². The van der Waals surface area contributed by atoms with Crippen molar-refractivity contribution in [1.82, 2.24) is 10.2 Å². The third-order valence-electron chi connectivity index (χ3n) is 5.25. The van der Waals surface area contributed by atoms with E-state index in [9.17, 15) is 9.59 Å². The van der Waals surface area contributed by atoms with Crippen LogP contribution in [-0.2, 0) is 9.59 Å². The van der Waals surface area contributed by atoms with Crippen molar-refractivity contribution in [3.05, 3.63) is 40.6 Å². The first-order valence-corrected chi connectivity index (χ1v) is 10.8. The topological polar surface area (TPSA) is 79.9 Å². The average molecular weight is 416 g/mol. The molecule has 0 saturated carbocycles. The van der Waals surface area contributed by atoms with Crippen molar-refractivity contribution in [1.29, 1.82) is 0 Å². The molecule has 0 bridgehead atoms. The number of nitrogens with zero attached hydrogens (tertiary/aromatic N) is 1. The summed E-state index contributed by atoms with van der Waals surface area (Å²) in [6.07, 6.45) is 2.28. The second-order valence-electron chi connectivity index (χ2n) is 7.20. The molecule has 2 amide bonds. The fraction of sp³-hybridized carbons (Fsp3) is 0.429. The zero-order valence-corrected chi connectivity index (χ0v) is 17.0. The highest BCUT2D eigenvalue weighted by Crippen LogP contribution is 2.32. The van der Waals surface area contributed by atoms with E-state index in [1.807, 2.05) is 11.3 Å². The molecule has 0 aliphatic carbocycles. The van der Waals surface area contributed by atoms with Crippen LogP contribution in [0.5, 0.6) is 11.5 Å². The summed E-state index contributed by atoms with van der Waals surface area (Å²) in [6.45, 7) is 4.21. The molecule has 1 saturated heterocycles. The van der Waals surface area contributed by atoms with Crippen LogP contribution in [0.15, 0.2) is 35.7 Å². The Morgan fingerprint density at radius 2 is 1.86 bits per heavy atom. The Morgan fingerprint density at radius 1 is 1.07 bits per heavy atom. The zero-order valence-electron chi connectivity index (χ0n) is 16.2. The van der Waals surface area contributed by atoms with E-state index in [0.29, 0.717) is 42.9 Å². The third-order valence-corrected chi connectivity index (χ3v) is 6.29. The molecular formula is C21H25N3O4S. The van der Waals surface area contributed by atoms with Crippen LogP contribution in [0.2, 0.25) is 0 Å². The maximum Gasteiger partial charge on any atom is 0.313 e. The van der Waals surface area contributed by atoms with Crippen molar-refractivity contribution in [3.8, 4) is 11.5 Å². The Morgan fingerprint density at radius 3 is 2.62 bits per heavy atom. The minimum Gasteiger partial charge on any atom is -0.486 e. The van der Waals surface area contributed by atoms with E-state index >= 15 is 0 Å². The summed E-state index contributed by atoms with van der Waals surface area (Å²) in [5.41, 5.74) is 0.505. The summed E-state index contributed by atoms with van der Waals surface area (Å²) in [7, 11) is 0. The van der Waals surface area contributed by atoms with Crippen molar-refractivity contribution >= 4 is 28.8 Å². The van der Waals surface area contributed by atoms with Gasteiger partial charge in [0.2, 0.25) is 0 Å². The second kappa shape index (κ2) is 9.28. The van der Waals surface area contributed by atoms with Gasteiger partial charge < -0.3 is 25.0 Å². The summed E-state index contributed by atoms with van der Waals surface area (Å²) in [6, 6.07) is 9.40. The summed E-state index contributed by atoms with van der Waals surface area (Å²) in [4.78, 5) is 28.0. The van der Waals surface area contributed by atoms with Gasteiger partial charge in [-0.25, -0.2) is 0 Å². The first-order valence-electron chi connectivity index (χ1n) is 9.93. The van der Waals surface area contributed by atoms with Gasteiger partial charge in [0, 0.05) is 29.7 Å². The molecule has 7 nitrogen and oxygen atoms in total. The normalized spacial score (nSPS) is 17.0. The first kappa shape index (κ1) is 19.7. The number of piperidine rings is 1. The van der Waals surface area contributed by atoms with Crippen LogP contribution in [0.3, 0.4) is 0 Å². The maximum absolute atomic E-state index is 12.1. The molecule has 4 rings (SSSR count). The van der Waals surface area contributed by atoms with Crippen LogP contribution in [-0.4, -0.2) is 56.1 Å². The molecule has 29 heavy (non-hydrogen) atoms. The number of thiophene rings is 1. The van der Waals surface area contributed by atoms with E-state index in [2.05, 4.69) is 33.0 Å². The molecule has 3 heterocycles. The number of nitrogens with one attached hydrogen (secondary N) is 2. The number of fused-ring (bicyclic) bond motifs is 1. The van der Waals surface area contributed by atoms with Gasteiger partial charge in [0.15, 0.2) is 11.5 Å². The van der Waals surface area contributed by atoms with Gasteiger partial charge >= 0.3 is 11.8 Å². The Bertz CT molecular complexity index is 848. The summed E-state index contributed by atoms with van der Waals surface area (Å²) >= 11 is 1.83. The Balaban J connectivity index is 1.17. The molecule has 2 aromatic rings. The van der Waals surface area contributed by atoms with Gasteiger partial charge in [0.05, 0.1) is 0 Å². The lowest BCUT2D eigenvalue weighted by Gasteiger charge is -2.31. The second-order valence-corrected chi connectivity index (χ2v) is 8.18. The van der Waals surface area contributed by atoms with Crippen molar-refractivity contribution in [2.45, 2.75) is 18.8 Å². The highest BCUT2D eigenvalue weighted by Gasteiger charge is 2.21. The Labute approximate surface area is 174 Å². The molecule has 1 aromatic carbocycles. The number of hydrogen-bond acceptors (Lipinski definition) is 6. The van der Waals surface area contributed by atoms with Crippen molar-refractivity contribution in [3.63, 3.8) is 0 Å². The van der Waals surface area contributed by atoms with Crippen molar-refractivity contribution in [2.75, 3.05) is 44.7 Å². The van der Waals surface area contributed by atoms with Gasteiger partial charge in [-0.05, 0) is 55.4 Å². The molecule has 2 aliphatic rings. The van der Waals surface area contributed by atoms with Crippen LogP contribution >= 0.6 is 11.3 Å². The molecule has 2 aliphatic heterocycles. The van der Waals surface area contributed by atoms with Crippen LogP contribution in [0.4, 0.5) is 5.69 Å². The number of rotatable bonds is 5. The SMILES string of the molecule is O=C(NCCN1CCC(c2cccs2)CC1)C(=O)Nc1ccc2c(c1)OCCO2. The lowest BCUT2D eigenvalue weighted by Crippen LogP contribution is -2.42. The minimum atomic E-state index is -0.682. The first-order chi connectivity index (χ1) is 14.2. The predicted molar refractivity (Wildman–Crippen MR) is 112 cm³/mol. The number of ether oxygens (including phenoxy) is 2. The molecule has 1 fully saturated rings. The van der Waals surface area contributed by atoms with Gasteiger partial charge in [-0.2, -0.15) is 0 Å². The summed E-state index contributed by atoms with van der Waals surface area (Å²) in [5.74, 6) is 0.547. The predicted octanol–water partition coefficient (Wildman–Crippen LogP) is 2.45. The monoisotopic (exact) mass is 415 g/mol. The summed E-state index contributed by atoms with van der Waals surface area (Å²) in [5, 5.41) is 7.44. The molecule has 1 aromatic heterocycles. The van der Waals surface area contributed by atoms with E-state index in [0.717, 1.165) is 32.5 Å². The number of benzene rings is 1. The molecule has 0 radical (unpaired) electrons. The lowest BCUT2D eigenvalue weighted by atomic mass is 9.95. The van der Waals surface area contributed by atoms with Crippen molar-refractivity contribution in [2.24, 2.45) is 0 Å². The number of amides is 2. The van der Waals surface area contributed by atoms with Gasteiger partial charge in [-0.1, -0.05) is 6.07 Å².